The molecule has 2 heterocycles. The minimum absolute atomic E-state index is 0.0813. The number of hydrogen-bond acceptors (Lipinski definition) is 6. The highest BCUT2D eigenvalue weighted by molar-refractivity contribution is 6.30. The first-order chi connectivity index (χ1) is 10.7. The average molecular weight is 320 g/mol. The van der Waals surface area contributed by atoms with E-state index < -0.39 is 5.97 Å². The molecule has 1 aromatic carbocycles. The monoisotopic (exact) mass is 319 g/mol. The highest BCUT2D eigenvalue weighted by Gasteiger charge is 2.25. The van der Waals surface area contributed by atoms with Gasteiger partial charge in [-0.3, -0.25) is 0 Å². The number of fused-ring (bicyclic) bond motifs is 1. The summed E-state index contributed by atoms with van der Waals surface area (Å²) in [5.41, 5.74) is 1.28. The van der Waals surface area contributed by atoms with Crippen LogP contribution in [0.4, 0.5) is 5.95 Å². The van der Waals surface area contributed by atoms with E-state index in [1.54, 1.807) is 13.0 Å². The van der Waals surface area contributed by atoms with Crippen LogP contribution in [0.3, 0.4) is 0 Å². The number of nitrogens with one attached hydrogen (secondary N) is 1. The van der Waals surface area contributed by atoms with Gasteiger partial charge in [-0.25, -0.2) is 14.8 Å². The molecule has 6 nitrogen and oxygen atoms in total. The van der Waals surface area contributed by atoms with Gasteiger partial charge in [-0.2, -0.15) is 0 Å². The van der Waals surface area contributed by atoms with Crippen molar-refractivity contribution in [2.45, 2.75) is 13.0 Å². The molecule has 0 fully saturated rings. The molecule has 3 rings (SSSR count). The van der Waals surface area contributed by atoms with Gasteiger partial charge in [-0.1, -0.05) is 11.6 Å². The van der Waals surface area contributed by atoms with Gasteiger partial charge >= 0.3 is 5.97 Å². The normalized spacial score (nSPS) is 15.8. The Kier molecular flexibility index (Phi) is 4.11. The summed E-state index contributed by atoms with van der Waals surface area (Å²) in [6.07, 6.45) is 2.87. The fourth-order valence-electron chi connectivity index (χ4n) is 2.18. The van der Waals surface area contributed by atoms with Crippen molar-refractivity contribution < 1.29 is 14.3 Å². The first-order valence-corrected chi connectivity index (χ1v) is 7.23. The molecule has 1 aliphatic rings. The largest absolute Gasteiger partial charge is 0.491 e. The van der Waals surface area contributed by atoms with Gasteiger partial charge in [0, 0.05) is 23.0 Å². The van der Waals surface area contributed by atoms with Gasteiger partial charge in [0.15, 0.2) is 0 Å². The topological polar surface area (TPSA) is 73.3 Å². The SMILES string of the molecule is CCOC(=O)c1cnc(NC2COc3ccc(Cl)cc32)nc1. The molecule has 0 radical (unpaired) electrons. The molecule has 22 heavy (non-hydrogen) atoms. The molecule has 1 aliphatic heterocycles. The van der Waals surface area contributed by atoms with Crippen LogP contribution in [-0.4, -0.2) is 29.2 Å². The predicted molar refractivity (Wildman–Crippen MR) is 81.3 cm³/mol. The van der Waals surface area contributed by atoms with E-state index >= 15 is 0 Å². The van der Waals surface area contributed by atoms with Crippen LogP contribution in [0.1, 0.15) is 28.9 Å². The average Bonchev–Trinajstić information content (AvgIpc) is 2.90. The van der Waals surface area contributed by atoms with E-state index in [0.29, 0.717) is 29.7 Å². The van der Waals surface area contributed by atoms with Gasteiger partial charge in [-0.05, 0) is 25.1 Å². The van der Waals surface area contributed by atoms with Crippen molar-refractivity contribution >= 4 is 23.5 Å². The molecule has 114 valence electrons. The Bertz CT molecular complexity index is 691. The lowest BCUT2D eigenvalue weighted by atomic mass is 10.1. The summed E-state index contributed by atoms with van der Waals surface area (Å²) < 4.78 is 10.5. The number of halogens is 1. The summed E-state index contributed by atoms with van der Waals surface area (Å²) in [6, 6.07) is 5.40. The smallest absolute Gasteiger partial charge is 0.341 e. The van der Waals surface area contributed by atoms with Crippen molar-refractivity contribution in [3.63, 3.8) is 0 Å². The molecular formula is C15H14ClN3O3. The molecule has 1 unspecified atom stereocenters. The minimum atomic E-state index is -0.435. The summed E-state index contributed by atoms with van der Waals surface area (Å²) in [6.45, 7) is 2.53. The van der Waals surface area contributed by atoms with E-state index in [-0.39, 0.29) is 6.04 Å². The lowest BCUT2D eigenvalue weighted by molar-refractivity contribution is 0.0525. The minimum Gasteiger partial charge on any atom is -0.491 e. The summed E-state index contributed by atoms with van der Waals surface area (Å²) >= 11 is 6.01. The van der Waals surface area contributed by atoms with Crippen molar-refractivity contribution in [3.05, 3.63) is 46.7 Å². The van der Waals surface area contributed by atoms with Crippen LogP contribution in [0.15, 0.2) is 30.6 Å². The number of benzene rings is 1. The molecule has 0 spiro atoms. The molecule has 1 N–H and O–H groups in total. The fourth-order valence-corrected chi connectivity index (χ4v) is 2.36. The van der Waals surface area contributed by atoms with Crippen molar-refractivity contribution in [3.8, 4) is 5.75 Å². The second-order valence-electron chi connectivity index (χ2n) is 4.71. The van der Waals surface area contributed by atoms with Gasteiger partial charge in [0.05, 0.1) is 18.2 Å². The first kappa shape index (κ1) is 14.6. The molecule has 0 bridgehead atoms. The van der Waals surface area contributed by atoms with E-state index in [9.17, 15) is 4.79 Å². The highest BCUT2D eigenvalue weighted by Crippen LogP contribution is 2.35. The molecule has 2 aromatic rings. The second kappa shape index (κ2) is 6.19. The van der Waals surface area contributed by atoms with E-state index in [4.69, 9.17) is 21.1 Å². The van der Waals surface area contributed by atoms with Gasteiger partial charge in [0.25, 0.3) is 0 Å². The maximum absolute atomic E-state index is 11.5. The fraction of sp³-hybridized carbons (Fsp3) is 0.267. The van der Waals surface area contributed by atoms with Crippen molar-refractivity contribution in [2.75, 3.05) is 18.5 Å². The molecule has 1 aromatic heterocycles. The van der Waals surface area contributed by atoms with Gasteiger partial charge in [-0.15, -0.1) is 0 Å². The number of carbonyl (C=O) groups excluding carboxylic acids is 1. The molecular weight excluding hydrogens is 306 g/mol. The summed E-state index contributed by atoms with van der Waals surface area (Å²) in [7, 11) is 0. The number of esters is 1. The maximum Gasteiger partial charge on any atom is 0.341 e. The molecule has 0 aliphatic carbocycles. The zero-order valence-corrected chi connectivity index (χ0v) is 12.6. The molecule has 0 amide bonds. The first-order valence-electron chi connectivity index (χ1n) is 6.85. The molecule has 1 atom stereocenters. The lowest BCUT2D eigenvalue weighted by Gasteiger charge is -2.11. The number of rotatable bonds is 4. The van der Waals surface area contributed by atoms with Crippen molar-refractivity contribution in [1.82, 2.24) is 9.97 Å². The molecule has 7 heteroatoms. The number of hydrogen-bond donors (Lipinski definition) is 1. The third-order valence-electron chi connectivity index (χ3n) is 3.22. The standard InChI is InChI=1S/C15H14ClN3O3/c1-2-21-14(20)9-6-17-15(18-7-9)19-12-8-22-13-4-3-10(16)5-11(12)13/h3-7,12H,2,8H2,1H3,(H,17,18,19). The van der Waals surface area contributed by atoms with Crippen LogP contribution in [0, 0.1) is 0 Å². The van der Waals surface area contributed by atoms with Crippen LogP contribution >= 0.6 is 11.6 Å². The lowest BCUT2D eigenvalue weighted by Crippen LogP contribution is -2.14. The van der Waals surface area contributed by atoms with Crippen molar-refractivity contribution in [1.29, 1.82) is 0 Å². The maximum atomic E-state index is 11.5. The number of carbonyl (C=O) groups is 1. The van der Waals surface area contributed by atoms with E-state index in [1.807, 2.05) is 12.1 Å². The Morgan fingerprint density at radius 2 is 2.23 bits per heavy atom. The number of nitrogens with zero attached hydrogens (tertiary/aromatic N) is 2. The number of aromatic nitrogens is 2. The third kappa shape index (κ3) is 2.96. The van der Waals surface area contributed by atoms with Crippen LogP contribution in [0.2, 0.25) is 5.02 Å². The Balaban J connectivity index is 1.73. The Hall–Kier alpha value is -2.34. The van der Waals surface area contributed by atoms with Crippen molar-refractivity contribution in [2.24, 2.45) is 0 Å². The molecule has 0 saturated carbocycles. The van der Waals surface area contributed by atoms with Gasteiger partial charge < -0.3 is 14.8 Å². The predicted octanol–water partition coefficient (Wildman–Crippen LogP) is 2.85. The highest BCUT2D eigenvalue weighted by atomic mass is 35.5. The summed E-state index contributed by atoms with van der Waals surface area (Å²) in [4.78, 5) is 19.8. The summed E-state index contributed by atoms with van der Waals surface area (Å²) in [5, 5.41) is 3.81. The van der Waals surface area contributed by atoms with Crippen LogP contribution in [0.25, 0.3) is 0 Å². The van der Waals surface area contributed by atoms with E-state index in [1.165, 1.54) is 12.4 Å². The summed E-state index contributed by atoms with van der Waals surface area (Å²) in [5.74, 6) is 0.773. The Labute approximate surface area is 132 Å². The Morgan fingerprint density at radius 3 is 2.95 bits per heavy atom. The van der Waals surface area contributed by atoms with Crippen LogP contribution < -0.4 is 10.1 Å². The van der Waals surface area contributed by atoms with Gasteiger partial charge in [0.1, 0.15) is 12.4 Å². The van der Waals surface area contributed by atoms with E-state index in [0.717, 1.165) is 11.3 Å². The Morgan fingerprint density at radius 1 is 1.45 bits per heavy atom. The third-order valence-corrected chi connectivity index (χ3v) is 3.45. The zero-order chi connectivity index (χ0) is 15.5. The second-order valence-corrected chi connectivity index (χ2v) is 5.14. The van der Waals surface area contributed by atoms with Crippen LogP contribution in [0.5, 0.6) is 5.75 Å². The quantitative estimate of drug-likeness (QED) is 0.874. The number of ether oxygens (including phenoxy) is 2. The van der Waals surface area contributed by atoms with Gasteiger partial charge in [0.2, 0.25) is 5.95 Å². The van der Waals surface area contributed by atoms with Crippen LogP contribution in [-0.2, 0) is 4.74 Å². The number of anilines is 1. The zero-order valence-electron chi connectivity index (χ0n) is 11.9. The van der Waals surface area contributed by atoms with E-state index in [2.05, 4.69) is 15.3 Å². The molecule has 0 saturated heterocycles.